The Morgan fingerprint density at radius 2 is 1.97 bits per heavy atom. The van der Waals surface area contributed by atoms with E-state index in [4.69, 9.17) is 0 Å². The van der Waals surface area contributed by atoms with Crippen LogP contribution in [0.1, 0.15) is 43.9 Å². The fourth-order valence-corrected chi connectivity index (χ4v) is 3.43. The normalized spacial score (nSPS) is 14.2. The Labute approximate surface area is 179 Å². The van der Waals surface area contributed by atoms with E-state index in [2.05, 4.69) is 15.4 Å². The predicted molar refractivity (Wildman–Crippen MR) is 117 cm³/mol. The highest BCUT2D eigenvalue weighted by atomic mass is 19.1. The van der Waals surface area contributed by atoms with Crippen molar-refractivity contribution >= 4 is 17.7 Å². The standard InChI is InChI=1S/C24H24F2N4O/c1-24(2,26)11-16-3-6-19(7-4-16)29-22(31)10-5-17-12-27-14-21(25)23(17)18-13-28-30(15-18)20-8-9-20/h3-7,10,12-15,20H,8-9,11H2,1-2H3,(H,29,31). The molecule has 2 aromatic heterocycles. The van der Waals surface area contributed by atoms with Crippen molar-refractivity contribution in [3.05, 3.63) is 72.1 Å². The van der Waals surface area contributed by atoms with Crippen LogP contribution < -0.4 is 5.32 Å². The number of amides is 1. The Morgan fingerprint density at radius 3 is 2.65 bits per heavy atom. The van der Waals surface area contributed by atoms with Gasteiger partial charge in [0.2, 0.25) is 5.91 Å². The summed E-state index contributed by atoms with van der Waals surface area (Å²) in [7, 11) is 0. The molecular weight excluding hydrogens is 398 g/mol. The van der Waals surface area contributed by atoms with Crippen LogP contribution in [0.4, 0.5) is 14.5 Å². The van der Waals surface area contributed by atoms with Gasteiger partial charge in [0.1, 0.15) is 11.5 Å². The van der Waals surface area contributed by atoms with Crippen molar-refractivity contribution < 1.29 is 13.6 Å². The summed E-state index contributed by atoms with van der Waals surface area (Å²) in [6.45, 7) is 3.06. The number of benzene rings is 1. The smallest absolute Gasteiger partial charge is 0.248 e. The van der Waals surface area contributed by atoms with Gasteiger partial charge in [0, 0.05) is 47.3 Å². The summed E-state index contributed by atoms with van der Waals surface area (Å²) in [5.41, 5.74) is 1.66. The lowest BCUT2D eigenvalue weighted by Gasteiger charge is -2.14. The SMILES string of the molecule is CC(C)(F)Cc1ccc(NC(=O)C=Cc2cncc(F)c2-c2cnn(C3CC3)c2)cc1. The van der Waals surface area contributed by atoms with Crippen LogP contribution in [0.2, 0.25) is 0 Å². The Balaban J connectivity index is 1.47. The number of pyridine rings is 1. The van der Waals surface area contributed by atoms with Gasteiger partial charge < -0.3 is 5.32 Å². The van der Waals surface area contributed by atoms with Gasteiger partial charge in [-0.25, -0.2) is 8.78 Å². The molecule has 4 rings (SSSR count). The summed E-state index contributed by atoms with van der Waals surface area (Å²) in [5, 5.41) is 7.07. The Kier molecular flexibility index (Phi) is 5.67. The van der Waals surface area contributed by atoms with Gasteiger partial charge in [0.05, 0.1) is 18.4 Å². The second kappa shape index (κ2) is 8.41. The first-order valence-corrected chi connectivity index (χ1v) is 10.2. The number of anilines is 1. The molecule has 1 aliphatic carbocycles. The van der Waals surface area contributed by atoms with Crippen LogP contribution in [-0.2, 0) is 11.2 Å². The van der Waals surface area contributed by atoms with Crippen LogP contribution >= 0.6 is 0 Å². The number of halogens is 2. The highest BCUT2D eigenvalue weighted by Crippen LogP contribution is 2.36. The molecule has 7 heteroatoms. The van der Waals surface area contributed by atoms with Gasteiger partial charge in [-0.1, -0.05) is 12.1 Å². The summed E-state index contributed by atoms with van der Waals surface area (Å²) >= 11 is 0. The van der Waals surface area contributed by atoms with Crippen LogP contribution in [0.5, 0.6) is 0 Å². The molecule has 1 amide bonds. The third-order valence-corrected chi connectivity index (χ3v) is 5.00. The van der Waals surface area contributed by atoms with Crippen LogP contribution in [0.3, 0.4) is 0 Å². The van der Waals surface area contributed by atoms with Crippen LogP contribution in [0.15, 0.2) is 55.1 Å². The highest BCUT2D eigenvalue weighted by Gasteiger charge is 2.25. The number of nitrogens with zero attached hydrogens (tertiary/aromatic N) is 3. The lowest BCUT2D eigenvalue weighted by atomic mass is 10.0. The van der Waals surface area contributed by atoms with Crippen molar-refractivity contribution in [1.82, 2.24) is 14.8 Å². The van der Waals surface area contributed by atoms with Crippen molar-refractivity contribution in [2.24, 2.45) is 0 Å². The van der Waals surface area contributed by atoms with Crippen LogP contribution in [0.25, 0.3) is 17.2 Å². The Hall–Kier alpha value is -3.35. The van der Waals surface area contributed by atoms with Gasteiger partial charge in [0.25, 0.3) is 0 Å². The topological polar surface area (TPSA) is 59.8 Å². The molecule has 1 saturated carbocycles. The first-order chi connectivity index (χ1) is 14.8. The largest absolute Gasteiger partial charge is 0.323 e. The second-order valence-electron chi connectivity index (χ2n) is 8.44. The summed E-state index contributed by atoms with van der Waals surface area (Å²) < 4.78 is 30.1. The fraction of sp³-hybridized carbons (Fsp3) is 0.292. The minimum Gasteiger partial charge on any atom is -0.323 e. The quantitative estimate of drug-likeness (QED) is 0.522. The number of nitrogens with one attached hydrogen (secondary N) is 1. The zero-order valence-corrected chi connectivity index (χ0v) is 17.5. The van der Waals surface area contributed by atoms with Crippen molar-refractivity contribution in [3.8, 4) is 11.1 Å². The van der Waals surface area contributed by atoms with Crippen molar-refractivity contribution in [3.63, 3.8) is 0 Å². The maximum absolute atomic E-state index is 14.5. The van der Waals surface area contributed by atoms with Gasteiger partial charge in [0.15, 0.2) is 0 Å². The van der Waals surface area contributed by atoms with E-state index in [0.29, 0.717) is 34.8 Å². The molecule has 1 N–H and O–H groups in total. The lowest BCUT2D eigenvalue weighted by molar-refractivity contribution is -0.111. The first-order valence-electron chi connectivity index (χ1n) is 10.2. The molecule has 3 aromatic rings. The maximum Gasteiger partial charge on any atom is 0.248 e. The van der Waals surface area contributed by atoms with Crippen molar-refractivity contribution in [1.29, 1.82) is 0 Å². The predicted octanol–water partition coefficient (Wildman–Crippen LogP) is 5.36. The molecule has 0 aliphatic heterocycles. The second-order valence-corrected chi connectivity index (χ2v) is 8.44. The molecule has 160 valence electrons. The van der Waals surface area contributed by atoms with E-state index in [1.165, 1.54) is 32.2 Å². The molecular formula is C24H24F2N4O. The number of rotatable bonds is 7. The van der Waals surface area contributed by atoms with E-state index in [1.807, 2.05) is 10.9 Å². The van der Waals surface area contributed by atoms with Gasteiger partial charge in [-0.05, 0) is 50.5 Å². The maximum atomic E-state index is 14.5. The van der Waals surface area contributed by atoms with Gasteiger partial charge in [-0.3, -0.25) is 14.5 Å². The summed E-state index contributed by atoms with van der Waals surface area (Å²) in [4.78, 5) is 16.3. The number of hydrogen-bond acceptors (Lipinski definition) is 3. The molecule has 5 nitrogen and oxygen atoms in total. The average Bonchev–Trinajstić information content (AvgIpc) is 3.44. The molecule has 0 bridgehead atoms. The van der Waals surface area contributed by atoms with Crippen LogP contribution in [-0.4, -0.2) is 26.3 Å². The summed E-state index contributed by atoms with van der Waals surface area (Å²) in [6.07, 6.45) is 11.5. The van der Waals surface area contributed by atoms with E-state index >= 15 is 0 Å². The average molecular weight is 422 g/mol. The van der Waals surface area contributed by atoms with Crippen molar-refractivity contribution in [2.75, 3.05) is 5.32 Å². The number of carbonyl (C=O) groups is 1. The third-order valence-electron chi connectivity index (χ3n) is 5.00. The molecule has 0 unspecified atom stereocenters. The number of aromatic nitrogens is 3. The molecule has 0 radical (unpaired) electrons. The molecule has 1 aromatic carbocycles. The molecule has 0 spiro atoms. The van der Waals surface area contributed by atoms with E-state index in [0.717, 1.165) is 24.6 Å². The zero-order chi connectivity index (χ0) is 22.0. The molecule has 1 aliphatic rings. The molecule has 0 atom stereocenters. The molecule has 2 heterocycles. The first kappa shape index (κ1) is 20.9. The third kappa shape index (κ3) is 5.42. The Morgan fingerprint density at radius 1 is 1.23 bits per heavy atom. The van der Waals surface area contributed by atoms with Gasteiger partial charge >= 0.3 is 0 Å². The molecule has 1 fully saturated rings. The summed E-state index contributed by atoms with van der Waals surface area (Å²) in [5.74, 6) is -0.827. The van der Waals surface area contributed by atoms with Crippen LogP contribution in [0, 0.1) is 5.82 Å². The zero-order valence-electron chi connectivity index (χ0n) is 17.5. The van der Waals surface area contributed by atoms with Gasteiger partial charge in [-0.2, -0.15) is 5.10 Å². The monoisotopic (exact) mass is 422 g/mol. The molecule has 0 saturated heterocycles. The Bertz CT molecular complexity index is 1110. The van der Waals surface area contributed by atoms with Gasteiger partial charge in [-0.15, -0.1) is 0 Å². The minimum atomic E-state index is -1.29. The van der Waals surface area contributed by atoms with E-state index in [9.17, 15) is 13.6 Å². The molecule has 31 heavy (non-hydrogen) atoms. The lowest BCUT2D eigenvalue weighted by Crippen LogP contribution is -2.15. The van der Waals surface area contributed by atoms with Crippen molar-refractivity contribution in [2.45, 2.75) is 44.8 Å². The number of hydrogen-bond donors (Lipinski definition) is 1. The number of alkyl halides is 1. The van der Waals surface area contributed by atoms with E-state index in [1.54, 1.807) is 30.5 Å². The minimum absolute atomic E-state index is 0.299. The highest BCUT2D eigenvalue weighted by molar-refractivity contribution is 6.02. The van der Waals surface area contributed by atoms with E-state index < -0.39 is 11.5 Å². The summed E-state index contributed by atoms with van der Waals surface area (Å²) in [6, 6.07) is 7.42. The fourth-order valence-electron chi connectivity index (χ4n) is 3.43. The number of carbonyl (C=O) groups excluding carboxylic acids is 1. The van der Waals surface area contributed by atoms with E-state index in [-0.39, 0.29) is 5.91 Å².